The van der Waals surface area contributed by atoms with Crippen molar-refractivity contribution in [2.75, 3.05) is 23.3 Å². The Labute approximate surface area is 180 Å². The summed E-state index contributed by atoms with van der Waals surface area (Å²) in [5.74, 6) is 0.136. The van der Waals surface area contributed by atoms with Crippen molar-refractivity contribution in [2.24, 2.45) is 0 Å². The molecule has 2 heterocycles. The maximum atomic E-state index is 13.4. The van der Waals surface area contributed by atoms with Gasteiger partial charge < -0.3 is 15.5 Å². The van der Waals surface area contributed by atoms with Crippen LogP contribution >= 0.6 is 12.2 Å². The van der Waals surface area contributed by atoms with Crippen molar-refractivity contribution in [3.05, 3.63) is 47.7 Å². The molecule has 2 N–H and O–H groups in total. The number of nitrogens with zero attached hydrogens (tertiary/aromatic N) is 3. The first-order valence-corrected chi connectivity index (χ1v) is 10.6. The monoisotopic (exact) mass is 437 g/mol. The first-order chi connectivity index (χ1) is 14.3. The second kappa shape index (κ2) is 10.1. The second-order valence-electron chi connectivity index (χ2n) is 7.44. The smallest absolute Gasteiger partial charge is 0.362 e. The van der Waals surface area contributed by atoms with Crippen LogP contribution in [0.25, 0.3) is 0 Å². The average Bonchev–Trinajstić information content (AvgIpc) is 2.71. The van der Waals surface area contributed by atoms with Gasteiger partial charge in [0.25, 0.3) is 0 Å². The molecule has 1 fully saturated rings. The Balaban J connectivity index is 1.63. The van der Waals surface area contributed by atoms with Crippen LogP contribution in [0.2, 0.25) is 0 Å². The number of benzene rings is 1. The van der Waals surface area contributed by atoms with Gasteiger partial charge >= 0.3 is 6.18 Å². The molecular weight excluding hydrogens is 411 g/mol. The van der Waals surface area contributed by atoms with Gasteiger partial charge in [-0.3, -0.25) is 0 Å². The molecule has 30 heavy (non-hydrogen) atoms. The van der Waals surface area contributed by atoms with E-state index in [1.165, 1.54) is 5.56 Å². The number of aryl methyl sites for hydroxylation is 1. The fourth-order valence-corrected chi connectivity index (χ4v) is 3.70. The number of nitrogens with one attached hydrogen (secondary N) is 2. The highest BCUT2D eigenvalue weighted by molar-refractivity contribution is 7.80. The third kappa shape index (κ3) is 6.29. The number of aromatic nitrogens is 2. The van der Waals surface area contributed by atoms with E-state index >= 15 is 0 Å². The van der Waals surface area contributed by atoms with Crippen molar-refractivity contribution >= 4 is 29.1 Å². The number of alkyl halides is 3. The predicted octanol–water partition coefficient (Wildman–Crippen LogP) is 4.79. The lowest BCUT2D eigenvalue weighted by Gasteiger charge is -2.34. The number of hydrogen-bond donors (Lipinski definition) is 2. The molecule has 0 bridgehead atoms. The molecule has 1 aliphatic rings. The van der Waals surface area contributed by atoms with Crippen LogP contribution in [-0.2, 0) is 12.6 Å². The van der Waals surface area contributed by atoms with Gasteiger partial charge in [0.05, 0.1) is 0 Å². The standard InChI is InChI=1S/C21H26F3N5S/c1-15-8-5-6-13-29(15)18-14-17(21(22,23)24)26-19(27-18)28-20(30)25-12-7-11-16-9-3-2-4-10-16/h2-4,9-10,14-15H,5-8,11-13H2,1H3,(H2,25,26,27,28,30)/t15-/m0/s1. The van der Waals surface area contributed by atoms with E-state index in [1.54, 1.807) is 0 Å². The van der Waals surface area contributed by atoms with Gasteiger partial charge in [-0.05, 0) is 56.8 Å². The second-order valence-corrected chi connectivity index (χ2v) is 7.85. The van der Waals surface area contributed by atoms with E-state index in [1.807, 2.05) is 30.0 Å². The molecule has 3 rings (SSSR count). The van der Waals surface area contributed by atoms with Crippen LogP contribution < -0.4 is 15.5 Å². The van der Waals surface area contributed by atoms with Crippen molar-refractivity contribution < 1.29 is 13.2 Å². The lowest BCUT2D eigenvalue weighted by Crippen LogP contribution is -2.38. The molecule has 0 spiro atoms. The van der Waals surface area contributed by atoms with Gasteiger partial charge in [0.15, 0.2) is 10.8 Å². The summed E-state index contributed by atoms with van der Waals surface area (Å²) >= 11 is 5.23. The summed E-state index contributed by atoms with van der Waals surface area (Å²) in [6.07, 6.45) is 0.0868. The lowest BCUT2D eigenvalue weighted by atomic mass is 10.0. The molecule has 5 nitrogen and oxygen atoms in total. The van der Waals surface area contributed by atoms with E-state index in [4.69, 9.17) is 12.2 Å². The van der Waals surface area contributed by atoms with Gasteiger partial charge in [0.1, 0.15) is 5.82 Å². The zero-order valence-electron chi connectivity index (χ0n) is 16.9. The predicted molar refractivity (Wildman–Crippen MR) is 117 cm³/mol. The Morgan fingerprint density at radius 2 is 1.97 bits per heavy atom. The summed E-state index contributed by atoms with van der Waals surface area (Å²) in [5, 5.41) is 5.94. The van der Waals surface area contributed by atoms with Gasteiger partial charge in [-0.1, -0.05) is 30.3 Å². The highest BCUT2D eigenvalue weighted by atomic mass is 32.1. The first-order valence-electron chi connectivity index (χ1n) is 10.1. The van der Waals surface area contributed by atoms with E-state index in [0.29, 0.717) is 13.1 Å². The van der Waals surface area contributed by atoms with Crippen LogP contribution in [0, 0.1) is 0 Å². The Bertz CT molecular complexity index is 844. The summed E-state index contributed by atoms with van der Waals surface area (Å²) < 4.78 is 40.1. The third-order valence-electron chi connectivity index (χ3n) is 5.10. The van der Waals surface area contributed by atoms with Crippen molar-refractivity contribution in [3.63, 3.8) is 0 Å². The molecular formula is C21H26F3N5S. The number of hydrogen-bond acceptors (Lipinski definition) is 4. The fraction of sp³-hybridized carbons (Fsp3) is 0.476. The normalized spacial score (nSPS) is 16.9. The minimum Gasteiger partial charge on any atom is -0.362 e. The molecule has 1 aromatic carbocycles. The Kier molecular flexibility index (Phi) is 7.47. The van der Waals surface area contributed by atoms with E-state index in [0.717, 1.165) is 38.2 Å². The zero-order chi connectivity index (χ0) is 21.6. The minimum atomic E-state index is -4.56. The molecule has 9 heteroatoms. The van der Waals surface area contributed by atoms with Crippen LogP contribution in [0.4, 0.5) is 24.9 Å². The molecule has 1 aromatic heterocycles. The summed E-state index contributed by atoms with van der Waals surface area (Å²) in [6.45, 7) is 3.27. The molecule has 0 unspecified atom stereocenters. The molecule has 0 radical (unpaired) electrons. The van der Waals surface area contributed by atoms with Gasteiger partial charge in [0, 0.05) is 25.2 Å². The van der Waals surface area contributed by atoms with Gasteiger partial charge in [-0.2, -0.15) is 18.2 Å². The lowest BCUT2D eigenvalue weighted by molar-refractivity contribution is -0.141. The molecule has 0 saturated carbocycles. The number of anilines is 2. The SMILES string of the molecule is C[C@H]1CCCCN1c1cc(C(F)(F)F)nc(NC(=S)NCCCc2ccccc2)n1. The Morgan fingerprint density at radius 3 is 2.67 bits per heavy atom. The van der Waals surface area contributed by atoms with Crippen LogP contribution in [0.5, 0.6) is 0 Å². The van der Waals surface area contributed by atoms with Crippen LogP contribution in [0.15, 0.2) is 36.4 Å². The van der Waals surface area contributed by atoms with E-state index in [-0.39, 0.29) is 22.9 Å². The number of piperidine rings is 1. The molecule has 1 aliphatic heterocycles. The summed E-state index contributed by atoms with van der Waals surface area (Å²) in [7, 11) is 0. The highest BCUT2D eigenvalue weighted by Gasteiger charge is 2.35. The average molecular weight is 438 g/mol. The molecule has 0 aliphatic carbocycles. The topological polar surface area (TPSA) is 53.1 Å². The van der Waals surface area contributed by atoms with Crippen LogP contribution in [0.3, 0.4) is 0 Å². The van der Waals surface area contributed by atoms with Gasteiger partial charge in [-0.25, -0.2) is 4.98 Å². The Morgan fingerprint density at radius 1 is 1.20 bits per heavy atom. The van der Waals surface area contributed by atoms with Gasteiger partial charge in [-0.15, -0.1) is 0 Å². The van der Waals surface area contributed by atoms with E-state index < -0.39 is 11.9 Å². The maximum Gasteiger partial charge on any atom is 0.433 e. The largest absolute Gasteiger partial charge is 0.433 e. The summed E-state index contributed by atoms with van der Waals surface area (Å²) in [6, 6.07) is 11.2. The Hall–Kier alpha value is -2.42. The van der Waals surface area contributed by atoms with E-state index in [2.05, 4.69) is 32.7 Å². The van der Waals surface area contributed by atoms with Crippen molar-refractivity contribution in [2.45, 2.75) is 51.2 Å². The summed E-state index contributed by atoms with van der Waals surface area (Å²) in [5.41, 5.74) is 0.249. The van der Waals surface area contributed by atoms with E-state index in [9.17, 15) is 13.2 Å². The molecule has 1 saturated heterocycles. The fourth-order valence-electron chi connectivity index (χ4n) is 3.51. The van der Waals surface area contributed by atoms with Crippen LogP contribution in [-0.4, -0.2) is 34.2 Å². The van der Waals surface area contributed by atoms with Crippen molar-refractivity contribution in [3.8, 4) is 0 Å². The quantitative estimate of drug-likeness (QED) is 0.501. The summed E-state index contributed by atoms with van der Waals surface area (Å²) in [4.78, 5) is 9.86. The number of thiocarbonyl (C=S) groups is 1. The van der Waals surface area contributed by atoms with Crippen LogP contribution in [0.1, 0.15) is 43.9 Å². The third-order valence-corrected chi connectivity index (χ3v) is 5.34. The highest BCUT2D eigenvalue weighted by Crippen LogP contribution is 2.32. The molecule has 0 amide bonds. The number of rotatable bonds is 6. The maximum absolute atomic E-state index is 13.4. The van der Waals surface area contributed by atoms with Gasteiger partial charge in [0.2, 0.25) is 5.95 Å². The molecule has 162 valence electrons. The molecule has 2 aromatic rings. The molecule has 1 atom stereocenters. The zero-order valence-corrected chi connectivity index (χ0v) is 17.7. The van der Waals surface area contributed by atoms with Crippen molar-refractivity contribution in [1.29, 1.82) is 0 Å². The minimum absolute atomic E-state index is 0.130. The first kappa shape index (κ1) is 22.3. The number of halogens is 3. The van der Waals surface area contributed by atoms with Crippen molar-refractivity contribution in [1.82, 2.24) is 15.3 Å².